The van der Waals surface area contributed by atoms with Gasteiger partial charge in [-0.15, -0.1) is 0 Å². The Bertz CT molecular complexity index is 401. The Kier molecular flexibility index (Phi) is 3.49. The summed E-state index contributed by atoms with van der Waals surface area (Å²) in [6.45, 7) is 3.32. The van der Waals surface area contributed by atoms with Gasteiger partial charge in [0.15, 0.2) is 5.75 Å². The molecule has 0 aliphatic heterocycles. The van der Waals surface area contributed by atoms with E-state index in [0.717, 1.165) is 0 Å². The number of nitro benzene ring substituents is 1. The molecule has 0 radical (unpaired) electrons. The average molecular weight is 225 g/mol. The molecule has 0 saturated heterocycles. The number of aliphatic hydroxyl groups excluding tert-OH is 1. The van der Waals surface area contributed by atoms with E-state index in [1.54, 1.807) is 26.0 Å². The molecular weight excluding hydrogens is 210 g/mol. The van der Waals surface area contributed by atoms with Gasteiger partial charge < -0.3 is 9.84 Å². The molecule has 5 nitrogen and oxygen atoms in total. The molecule has 0 heterocycles. The van der Waals surface area contributed by atoms with E-state index in [2.05, 4.69) is 0 Å². The molecule has 0 amide bonds. The highest BCUT2D eigenvalue weighted by Gasteiger charge is 2.31. The van der Waals surface area contributed by atoms with Gasteiger partial charge in [-0.25, -0.2) is 0 Å². The van der Waals surface area contributed by atoms with Crippen LogP contribution in [0.5, 0.6) is 5.75 Å². The van der Waals surface area contributed by atoms with Gasteiger partial charge in [-0.3, -0.25) is 10.1 Å². The molecule has 0 fully saturated rings. The molecule has 88 valence electrons. The van der Waals surface area contributed by atoms with Gasteiger partial charge in [0, 0.05) is 11.0 Å². The molecule has 1 N–H and O–H groups in total. The third-order valence-corrected chi connectivity index (χ3v) is 2.53. The van der Waals surface area contributed by atoms with Crippen molar-refractivity contribution in [3.63, 3.8) is 0 Å². The summed E-state index contributed by atoms with van der Waals surface area (Å²) < 4.78 is 4.96. The topological polar surface area (TPSA) is 72.6 Å². The van der Waals surface area contributed by atoms with E-state index in [9.17, 15) is 15.2 Å². The lowest BCUT2D eigenvalue weighted by atomic mass is 9.84. The predicted octanol–water partition coefficient (Wildman–Crippen LogP) is 1.87. The van der Waals surface area contributed by atoms with Gasteiger partial charge in [0.25, 0.3) is 0 Å². The molecule has 0 bridgehead atoms. The largest absolute Gasteiger partial charge is 0.490 e. The highest BCUT2D eigenvalue weighted by atomic mass is 16.6. The normalized spacial score (nSPS) is 11.2. The Hall–Kier alpha value is -1.62. The van der Waals surface area contributed by atoms with Gasteiger partial charge in [0.1, 0.15) is 0 Å². The van der Waals surface area contributed by atoms with Crippen molar-refractivity contribution >= 4 is 5.69 Å². The number of para-hydroxylation sites is 1. The monoisotopic (exact) mass is 225 g/mol. The summed E-state index contributed by atoms with van der Waals surface area (Å²) in [5, 5.41) is 20.3. The number of rotatable bonds is 4. The third kappa shape index (κ3) is 2.14. The minimum Gasteiger partial charge on any atom is -0.490 e. The number of hydrogen-bond acceptors (Lipinski definition) is 4. The summed E-state index contributed by atoms with van der Waals surface area (Å²) in [7, 11) is 1.39. The van der Waals surface area contributed by atoms with Gasteiger partial charge in [0.2, 0.25) is 0 Å². The maximum absolute atomic E-state index is 11.0. The van der Waals surface area contributed by atoms with Crippen molar-refractivity contribution < 1.29 is 14.8 Å². The highest BCUT2D eigenvalue weighted by molar-refractivity contribution is 5.55. The predicted molar refractivity (Wildman–Crippen MR) is 59.8 cm³/mol. The lowest BCUT2D eigenvalue weighted by Gasteiger charge is -2.22. The van der Waals surface area contributed by atoms with Crippen molar-refractivity contribution in [2.45, 2.75) is 19.3 Å². The second-order valence-electron chi connectivity index (χ2n) is 4.16. The Balaban J connectivity index is 3.45. The first kappa shape index (κ1) is 12.4. The molecule has 0 aliphatic carbocycles. The maximum Gasteiger partial charge on any atom is 0.314 e. The third-order valence-electron chi connectivity index (χ3n) is 2.53. The van der Waals surface area contributed by atoms with E-state index >= 15 is 0 Å². The smallest absolute Gasteiger partial charge is 0.314 e. The Morgan fingerprint density at radius 2 is 2.12 bits per heavy atom. The van der Waals surface area contributed by atoms with Crippen molar-refractivity contribution in [3.05, 3.63) is 33.9 Å². The van der Waals surface area contributed by atoms with Gasteiger partial charge >= 0.3 is 5.69 Å². The van der Waals surface area contributed by atoms with Crippen molar-refractivity contribution in [2.75, 3.05) is 13.7 Å². The van der Waals surface area contributed by atoms with Crippen LogP contribution in [0.2, 0.25) is 0 Å². The van der Waals surface area contributed by atoms with E-state index in [1.165, 1.54) is 13.2 Å². The van der Waals surface area contributed by atoms with Crippen LogP contribution in [0.25, 0.3) is 0 Å². The fourth-order valence-electron chi connectivity index (χ4n) is 1.51. The van der Waals surface area contributed by atoms with E-state index in [-0.39, 0.29) is 18.0 Å². The minimum atomic E-state index is -0.670. The number of ether oxygens (including phenoxy) is 1. The molecule has 0 unspecified atom stereocenters. The average Bonchev–Trinajstić information content (AvgIpc) is 2.27. The molecule has 0 aromatic heterocycles. The maximum atomic E-state index is 11.0. The molecule has 5 heteroatoms. The summed E-state index contributed by atoms with van der Waals surface area (Å²) in [6, 6.07) is 4.85. The fraction of sp³-hybridized carbons (Fsp3) is 0.455. The first-order valence-corrected chi connectivity index (χ1v) is 4.86. The number of aliphatic hydroxyl groups is 1. The second kappa shape index (κ2) is 4.49. The molecule has 1 rings (SSSR count). The molecule has 1 aromatic rings. The molecule has 1 aromatic carbocycles. The van der Waals surface area contributed by atoms with E-state index in [0.29, 0.717) is 5.56 Å². The van der Waals surface area contributed by atoms with Crippen LogP contribution < -0.4 is 4.74 Å². The first-order chi connectivity index (χ1) is 7.44. The number of methoxy groups -OCH3 is 1. The first-order valence-electron chi connectivity index (χ1n) is 4.86. The summed E-state index contributed by atoms with van der Waals surface area (Å²) in [5.74, 6) is 0.212. The standard InChI is InChI=1S/C11H15NO4/c1-11(2,7-13)8-5-4-6-9(16-3)10(8)12(14)15/h4-6,13H,7H2,1-3H3. The van der Waals surface area contributed by atoms with Crippen molar-refractivity contribution in [1.29, 1.82) is 0 Å². The second-order valence-corrected chi connectivity index (χ2v) is 4.16. The lowest BCUT2D eigenvalue weighted by Crippen LogP contribution is -2.23. The molecule has 0 saturated carbocycles. The Morgan fingerprint density at radius 1 is 1.50 bits per heavy atom. The summed E-state index contributed by atoms with van der Waals surface area (Å²) in [4.78, 5) is 10.5. The van der Waals surface area contributed by atoms with Crippen LogP contribution in [0.4, 0.5) is 5.69 Å². The molecule has 0 aliphatic rings. The van der Waals surface area contributed by atoms with Crippen LogP contribution in [0.3, 0.4) is 0 Å². The van der Waals surface area contributed by atoms with Crippen LogP contribution in [0, 0.1) is 10.1 Å². The number of nitrogens with zero attached hydrogens (tertiary/aromatic N) is 1. The zero-order chi connectivity index (χ0) is 12.3. The number of benzene rings is 1. The summed E-state index contributed by atoms with van der Waals surface area (Å²) >= 11 is 0. The van der Waals surface area contributed by atoms with Gasteiger partial charge in [-0.2, -0.15) is 0 Å². The quantitative estimate of drug-likeness (QED) is 0.627. The van der Waals surface area contributed by atoms with Gasteiger partial charge in [-0.1, -0.05) is 26.0 Å². The summed E-state index contributed by atoms with van der Waals surface area (Å²) in [5.41, 5.74) is -0.278. The zero-order valence-corrected chi connectivity index (χ0v) is 9.56. The van der Waals surface area contributed by atoms with E-state index < -0.39 is 10.3 Å². The SMILES string of the molecule is COc1cccc(C(C)(C)CO)c1[N+](=O)[O-]. The van der Waals surface area contributed by atoms with E-state index in [1.807, 2.05) is 0 Å². The van der Waals surface area contributed by atoms with Crippen LogP contribution in [0.1, 0.15) is 19.4 Å². The van der Waals surface area contributed by atoms with Crippen molar-refractivity contribution in [2.24, 2.45) is 0 Å². The number of hydrogen-bond donors (Lipinski definition) is 1. The molecule has 0 atom stereocenters. The van der Waals surface area contributed by atoms with Gasteiger partial charge in [-0.05, 0) is 6.07 Å². The molecule has 16 heavy (non-hydrogen) atoms. The Morgan fingerprint density at radius 3 is 2.56 bits per heavy atom. The summed E-state index contributed by atoms with van der Waals surface area (Å²) in [6.07, 6.45) is 0. The van der Waals surface area contributed by atoms with Crippen LogP contribution in [-0.2, 0) is 5.41 Å². The van der Waals surface area contributed by atoms with Crippen molar-refractivity contribution in [1.82, 2.24) is 0 Å². The zero-order valence-electron chi connectivity index (χ0n) is 9.56. The minimum absolute atomic E-state index is 0.0796. The Labute approximate surface area is 93.8 Å². The van der Waals surface area contributed by atoms with Crippen molar-refractivity contribution in [3.8, 4) is 5.75 Å². The van der Waals surface area contributed by atoms with Crippen LogP contribution in [-0.4, -0.2) is 23.7 Å². The fourth-order valence-corrected chi connectivity index (χ4v) is 1.51. The highest BCUT2D eigenvalue weighted by Crippen LogP contribution is 2.37. The van der Waals surface area contributed by atoms with Crippen LogP contribution >= 0.6 is 0 Å². The molecule has 0 spiro atoms. The molecular formula is C11H15NO4. The van der Waals surface area contributed by atoms with Crippen LogP contribution in [0.15, 0.2) is 18.2 Å². The van der Waals surface area contributed by atoms with Gasteiger partial charge in [0.05, 0.1) is 18.6 Å². The lowest BCUT2D eigenvalue weighted by molar-refractivity contribution is -0.387. The number of nitro groups is 1. The van der Waals surface area contributed by atoms with E-state index in [4.69, 9.17) is 4.74 Å².